The second kappa shape index (κ2) is 3.97. The minimum atomic E-state index is -0.585. The molecule has 3 atom stereocenters. The van der Waals surface area contributed by atoms with Crippen molar-refractivity contribution in [2.45, 2.75) is 39.0 Å². The molecule has 1 saturated heterocycles. The number of piperidine rings is 1. The van der Waals surface area contributed by atoms with E-state index in [-0.39, 0.29) is 17.2 Å². The normalized spacial score (nSPS) is 39.5. The van der Waals surface area contributed by atoms with Gasteiger partial charge in [0.15, 0.2) is 0 Å². The quantitative estimate of drug-likeness (QED) is 0.813. The van der Waals surface area contributed by atoms with Crippen LogP contribution in [0.4, 0.5) is 0 Å². The first-order chi connectivity index (χ1) is 8.54. The first kappa shape index (κ1) is 12.0. The Morgan fingerprint density at radius 1 is 1.22 bits per heavy atom. The Balaban J connectivity index is 1.70. The summed E-state index contributed by atoms with van der Waals surface area (Å²) in [5, 5.41) is 9.39. The van der Waals surface area contributed by atoms with Gasteiger partial charge in [-0.15, -0.1) is 0 Å². The van der Waals surface area contributed by atoms with Crippen LogP contribution >= 0.6 is 0 Å². The van der Waals surface area contributed by atoms with Crippen molar-refractivity contribution in [3.05, 3.63) is 0 Å². The maximum atomic E-state index is 11.4. The molecule has 0 aromatic heterocycles. The molecule has 1 N–H and O–H groups in total. The van der Waals surface area contributed by atoms with Crippen LogP contribution in [0.2, 0.25) is 0 Å². The number of carbonyl (C=O) groups is 2. The van der Waals surface area contributed by atoms with Crippen LogP contribution < -0.4 is 0 Å². The molecule has 100 valence electrons. The third-order valence-corrected chi connectivity index (χ3v) is 5.73. The highest BCUT2D eigenvalue weighted by Crippen LogP contribution is 2.68. The standard InChI is InChI=1S/C14H21NO3/c1-9(16)15-6-3-11(4-7-15)14-5-2-10(8-14)12(14)13(17)18/h10-12H,2-8H2,1H3,(H,17,18). The lowest BCUT2D eigenvalue weighted by atomic mass is 9.53. The Bertz CT molecular complexity index is 383. The van der Waals surface area contributed by atoms with Crippen molar-refractivity contribution in [2.24, 2.45) is 23.2 Å². The minimum absolute atomic E-state index is 0.0827. The fraction of sp³-hybridized carbons (Fsp3) is 0.857. The molecule has 3 unspecified atom stereocenters. The molecular formula is C14H21NO3. The molecule has 0 radical (unpaired) electrons. The SMILES string of the molecule is CC(=O)N1CCC(C23CCC(C2)C3C(=O)O)CC1. The van der Waals surface area contributed by atoms with Crippen molar-refractivity contribution in [3.8, 4) is 0 Å². The largest absolute Gasteiger partial charge is 0.481 e. The number of carboxylic acids is 1. The van der Waals surface area contributed by atoms with Gasteiger partial charge in [-0.1, -0.05) is 0 Å². The van der Waals surface area contributed by atoms with Gasteiger partial charge in [0.25, 0.3) is 0 Å². The zero-order chi connectivity index (χ0) is 12.9. The summed E-state index contributed by atoms with van der Waals surface area (Å²) in [4.78, 5) is 24.6. The van der Waals surface area contributed by atoms with Crippen LogP contribution in [0.1, 0.15) is 39.0 Å². The zero-order valence-electron chi connectivity index (χ0n) is 10.9. The van der Waals surface area contributed by atoms with Gasteiger partial charge in [0.2, 0.25) is 5.91 Å². The molecule has 2 bridgehead atoms. The van der Waals surface area contributed by atoms with E-state index in [1.165, 1.54) is 0 Å². The molecule has 1 aliphatic heterocycles. The second-order valence-corrected chi connectivity index (χ2v) is 6.33. The number of nitrogens with zero attached hydrogens (tertiary/aromatic N) is 1. The van der Waals surface area contributed by atoms with E-state index < -0.39 is 5.97 Å². The molecule has 4 heteroatoms. The zero-order valence-corrected chi connectivity index (χ0v) is 10.9. The molecule has 0 aromatic rings. The van der Waals surface area contributed by atoms with Crippen molar-refractivity contribution in [1.82, 2.24) is 4.90 Å². The van der Waals surface area contributed by atoms with Gasteiger partial charge in [-0.05, 0) is 49.4 Å². The van der Waals surface area contributed by atoms with Crippen LogP contribution in [0.5, 0.6) is 0 Å². The van der Waals surface area contributed by atoms with E-state index in [0.29, 0.717) is 11.8 Å². The molecule has 0 spiro atoms. The van der Waals surface area contributed by atoms with E-state index in [0.717, 1.165) is 45.2 Å². The highest BCUT2D eigenvalue weighted by atomic mass is 16.4. The van der Waals surface area contributed by atoms with Crippen molar-refractivity contribution in [2.75, 3.05) is 13.1 Å². The van der Waals surface area contributed by atoms with E-state index in [1.807, 2.05) is 4.90 Å². The van der Waals surface area contributed by atoms with E-state index in [4.69, 9.17) is 0 Å². The number of carboxylic acid groups (broad SMARTS) is 1. The number of carbonyl (C=O) groups excluding carboxylic acids is 1. The molecule has 4 fully saturated rings. The van der Waals surface area contributed by atoms with Gasteiger partial charge in [-0.25, -0.2) is 0 Å². The number of aliphatic carboxylic acids is 1. The predicted octanol–water partition coefficient (Wildman–Crippen LogP) is 1.75. The molecule has 4 rings (SSSR count). The van der Waals surface area contributed by atoms with Crippen molar-refractivity contribution >= 4 is 11.9 Å². The summed E-state index contributed by atoms with van der Waals surface area (Å²) in [6.07, 6.45) is 5.31. The fourth-order valence-electron chi connectivity index (χ4n) is 4.86. The summed E-state index contributed by atoms with van der Waals surface area (Å²) < 4.78 is 0. The van der Waals surface area contributed by atoms with E-state index >= 15 is 0 Å². The van der Waals surface area contributed by atoms with Crippen LogP contribution in [-0.4, -0.2) is 35.0 Å². The molecule has 0 aromatic carbocycles. The number of amides is 1. The van der Waals surface area contributed by atoms with Gasteiger partial charge in [0.1, 0.15) is 0 Å². The molecular weight excluding hydrogens is 230 g/mol. The molecule has 4 aliphatic rings. The Morgan fingerprint density at radius 3 is 2.39 bits per heavy atom. The van der Waals surface area contributed by atoms with E-state index in [1.54, 1.807) is 6.92 Å². The Morgan fingerprint density at radius 2 is 1.89 bits per heavy atom. The monoisotopic (exact) mass is 251 g/mol. The van der Waals surface area contributed by atoms with Gasteiger partial charge in [-0.2, -0.15) is 0 Å². The molecule has 18 heavy (non-hydrogen) atoms. The summed E-state index contributed by atoms with van der Waals surface area (Å²) in [6, 6.07) is 0. The van der Waals surface area contributed by atoms with Crippen LogP contribution in [0, 0.1) is 23.2 Å². The van der Waals surface area contributed by atoms with Crippen LogP contribution in [0.25, 0.3) is 0 Å². The van der Waals surface area contributed by atoms with E-state index in [2.05, 4.69) is 0 Å². The smallest absolute Gasteiger partial charge is 0.307 e. The molecule has 1 amide bonds. The van der Waals surface area contributed by atoms with Crippen LogP contribution in [-0.2, 0) is 9.59 Å². The minimum Gasteiger partial charge on any atom is -0.481 e. The summed E-state index contributed by atoms with van der Waals surface area (Å²) in [5.74, 6) is 0.434. The molecule has 3 aliphatic carbocycles. The average molecular weight is 251 g/mol. The van der Waals surface area contributed by atoms with Gasteiger partial charge < -0.3 is 10.0 Å². The van der Waals surface area contributed by atoms with Gasteiger partial charge in [0.05, 0.1) is 5.92 Å². The topological polar surface area (TPSA) is 57.6 Å². The first-order valence-corrected chi connectivity index (χ1v) is 7.03. The van der Waals surface area contributed by atoms with Crippen molar-refractivity contribution in [3.63, 3.8) is 0 Å². The predicted molar refractivity (Wildman–Crippen MR) is 65.9 cm³/mol. The summed E-state index contributed by atoms with van der Waals surface area (Å²) in [7, 11) is 0. The average Bonchev–Trinajstić information content (AvgIpc) is 2.87. The lowest BCUT2D eigenvalue weighted by Gasteiger charge is -2.52. The second-order valence-electron chi connectivity index (χ2n) is 6.33. The Kier molecular flexibility index (Phi) is 2.65. The summed E-state index contributed by atoms with van der Waals surface area (Å²) >= 11 is 0. The van der Waals surface area contributed by atoms with Crippen LogP contribution in [0.15, 0.2) is 0 Å². The number of fused-ring (bicyclic) bond motifs is 1. The third-order valence-electron chi connectivity index (χ3n) is 5.73. The lowest BCUT2D eigenvalue weighted by molar-refractivity contribution is -0.162. The lowest BCUT2D eigenvalue weighted by Crippen LogP contribution is -2.52. The number of likely N-dealkylation sites (tertiary alicyclic amines) is 1. The highest BCUT2D eigenvalue weighted by Gasteiger charge is 2.65. The van der Waals surface area contributed by atoms with Crippen molar-refractivity contribution < 1.29 is 14.7 Å². The Labute approximate surface area is 107 Å². The fourth-order valence-corrected chi connectivity index (χ4v) is 4.86. The summed E-state index contributed by atoms with van der Waals surface area (Å²) in [5.41, 5.74) is 0.0827. The van der Waals surface area contributed by atoms with Gasteiger partial charge in [-0.3, -0.25) is 9.59 Å². The highest BCUT2D eigenvalue weighted by molar-refractivity contribution is 5.74. The number of hydrogen-bond donors (Lipinski definition) is 1. The molecule has 3 saturated carbocycles. The van der Waals surface area contributed by atoms with Crippen molar-refractivity contribution in [1.29, 1.82) is 0 Å². The van der Waals surface area contributed by atoms with E-state index in [9.17, 15) is 14.7 Å². The van der Waals surface area contributed by atoms with Gasteiger partial charge in [0, 0.05) is 20.0 Å². The molecule has 4 nitrogen and oxygen atoms in total. The summed E-state index contributed by atoms with van der Waals surface area (Å²) in [6.45, 7) is 3.26. The number of rotatable bonds is 2. The maximum Gasteiger partial charge on any atom is 0.307 e. The van der Waals surface area contributed by atoms with Gasteiger partial charge >= 0.3 is 5.97 Å². The number of hydrogen-bond acceptors (Lipinski definition) is 2. The Hall–Kier alpha value is -1.06. The molecule has 1 heterocycles. The third kappa shape index (κ3) is 1.50. The maximum absolute atomic E-state index is 11.4. The van der Waals surface area contributed by atoms with Crippen LogP contribution in [0.3, 0.4) is 0 Å². The first-order valence-electron chi connectivity index (χ1n) is 7.03.